The molecule has 0 unspecified atom stereocenters. The van der Waals surface area contributed by atoms with Crippen LogP contribution in [0.25, 0.3) is 10.9 Å². The van der Waals surface area contributed by atoms with Crippen LogP contribution in [-0.4, -0.2) is 40.5 Å². The van der Waals surface area contributed by atoms with Gasteiger partial charge in [0.25, 0.3) is 5.91 Å². The topological polar surface area (TPSA) is 59.5 Å². The number of aryl methyl sites for hydroxylation is 1. The maximum atomic E-state index is 13.0. The van der Waals surface area contributed by atoms with E-state index in [1.54, 1.807) is 4.90 Å². The molecule has 0 aliphatic heterocycles. The largest absolute Gasteiger partial charge is 0.452 e. The number of ether oxygens (including phenoxy) is 1. The van der Waals surface area contributed by atoms with Gasteiger partial charge in [-0.1, -0.05) is 18.2 Å². The minimum atomic E-state index is -0.424. The molecular weight excluding hydrogens is 340 g/mol. The van der Waals surface area contributed by atoms with Gasteiger partial charge in [-0.05, 0) is 65.0 Å². The van der Waals surface area contributed by atoms with Crippen molar-refractivity contribution >= 4 is 22.8 Å². The lowest BCUT2D eigenvalue weighted by Crippen LogP contribution is -2.44. The molecule has 2 aromatic rings. The lowest BCUT2D eigenvalue weighted by atomic mass is 9.90. The standard InChI is InChI=1S/C22H28N2O3/c1-14(2)24(15(3)4)20(25)13-27-22(26)21-16-9-5-7-11-18(16)23-19-12-8-6-10-17(19)21/h5,7,9,11,14-15H,6,8,10,12-13H2,1-4H3. The molecule has 1 aliphatic carbocycles. The summed E-state index contributed by atoms with van der Waals surface area (Å²) in [5.41, 5.74) is 3.37. The molecule has 1 heterocycles. The van der Waals surface area contributed by atoms with Gasteiger partial charge in [0.1, 0.15) is 0 Å². The van der Waals surface area contributed by atoms with E-state index in [1.807, 2.05) is 52.0 Å². The number of carbonyl (C=O) groups excluding carboxylic acids is 2. The van der Waals surface area contributed by atoms with Crippen LogP contribution in [0.2, 0.25) is 0 Å². The van der Waals surface area contributed by atoms with Crippen LogP contribution in [0.5, 0.6) is 0 Å². The van der Waals surface area contributed by atoms with Crippen molar-refractivity contribution in [2.45, 2.75) is 65.5 Å². The van der Waals surface area contributed by atoms with E-state index in [1.165, 1.54) is 0 Å². The Morgan fingerprint density at radius 1 is 1.07 bits per heavy atom. The molecule has 0 bridgehead atoms. The van der Waals surface area contributed by atoms with Crippen molar-refractivity contribution in [2.75, 3.05) is 6.61 Å². The van der Waals surface area contributed by atoms with Crippen LogP contribution in [0, 0.1) is 0 Å². The van der Waals surface area contributed by atoms with E-state index < -0.39 is 5.97 Å². The molecule has 5 nitrogen and oxygen atoms in total. The second-order valence-corrected chi connectivity index (χ2v) is 7.70. The van der Waals surface area contributed by atoms with Crippen LogP contribution in [0.3, 0.4) is 0 Å². The van der Waals surface area contributed by atoms with E-state index >= 15 is 0 Å². The van der Waals surface area contributed by atoms with Crippen molar-refractivity contribution in [2.24, 2.45) is 0 Å². The Balaban J connectivity index is 1.89. The first-order valence-electron chi connectivity index (χ1n) is 9.79. The summed E-state index contributed by atoms with van der Waals surface area (Å²) in [7, 11) is 0. The molecule has 0 radical (unpaired) electrons. The van der Waals surface area contributed by atoms with Crippen LogP contribution in [-0.2, 0) is 22.4 Å². The SMILES string of the molecule is CC(C)N(C(=O)COC(=O)c1c2c(nc3ccccc13)CCCC2)C(C)C. The molecule has 0 saturated heterocycles. The van der Waals surface area contributed by atoms with Crippen molar-refractivity contribution in [1.29, 1.82) is 0 Å². The summed E-state index contributed by atoms with van der Waals surface area (Å²) < 4.78 is 5.49. The van der Waals surface area contributed by atoms with Crippen molar-refractivity contribution in [3.05, 3.63) is 41.1 Å². The second kappa shape index (κ2) is 8.07. The first-order chi connectivity index (χ1) is 12.9. The molecule has 1 aromatic carbocycles. The molecule has 1 aromatic heterocycles. The number of hydrogen-bond acceptors (Lipinski definition) is 4. The fourth-order valence-corrected chi connectivity index (χ4v) is 4.05. The highest BCUT2D eigenvalue weighted by Crippen LogP contribution is 2.29. The van der Waals surface area contributed by atoms with Gasteiger partial charge in [-0.15, -0.1) is 0 Å². The molecule has 0 atom stereocenters. The molecule has 0 N–H and O–H groups in total. The third-order valence-electron chi connectivity index (χ3n) is 5.10. The second-order valence-electron chi connectivity index (χ2n) is 7.70. The Labute approximate surface area is 160 Å². The molecule has 0 saturated carbocycles. The number of fused-ring (bicyclic) bond motifs is 2. The quantitative estimate of drug-likeness (QED) is 0.751. The normalized spacial score (nSPS) is 13.7. The number of aromatic nitrogens is 1. The predicted octanol–water partition coefficient (Wildman–Crippen LogP) is 3.92. The van der Waals surface area contributed by atoms with E-state index in [-0.39, 0.29) is 24.6 Å². The van der Waals surface area contributed by atoms with Crippen LogP contribution < -0.4 is 0 Å². The van der Waals surface area contributed by atoms with Gasteiger partial charge in [0.2, 0.25) is 0 Å². The van der Waals surface area contributed by atoms with Crippen LogP contribution in [0.4, 0.5) is 0 Å². The minimum Gasteiger partial charge on any atom is -0.452 e. The summed E-state index contributed by atoms with van der Waals surface area (Å²) >= 11 is 0. The molecule has 1 amide bonds. The summed E-state index contributed by atoms with van der Waals surface area (Å²) in [6, 6.07) is 7.78. The molecule has 3 rings (SSSR count). The van der Waals surface area contributed by atoms with Gasteiger partial charge >= 0.3 is 5.97 Å². The fourth-order valence-electron chi connectivity index (χ4n) is 4.05. The number of amides is 1. The van der Waals surface area contributed by atoms with Gasteiger partial charge in [0.05, 0.1) is 11.1 Å². The first-order valence-corrected chi connectivity index (χ1v) is 9.79. The minimum absolute atomic E-state index is 0.0608. The molecule has 27 heavy (non-hydrogen) atoms. The number of carbonyl (C=O) groups is 2. The van der Waals surface area contributed by atoms with E-state index in [9.17, 15) is 9.59 Å². The van der Waals surface area contributed by atoms with Gasteiger partial charge < -0.3 is 9.64 Å². The van der Waals surface area contributed by atoms with Gasteiger partial charge in [0.15, 0.2) is 6.61 Å². The summed E-state index contributed by atoms with van der Waals surface area (Å²) in [5.74, 6) is -0.590. The molecule has 0 fully saturated rings. The molecule has 144 valence electrons. The number of para-hydroxylation sites is 1. The Morgan fingerprint density at radius 2 is 1.74 bits per heavy atom. The van der Waals surface area contributed by atoms with Crippen molar-refractivity contribution in [1.82, 2.24) is 9.88 Å². The monoisotopic (exact) mass is 368 g/mol. The number of esters is 1. The molecule has 1 aliphatic rings. The zero-order valence-corrected chi connectivity index (χ0v) is 16.6. The summed E-state index contributed by atoms with van der Waals surface area (Å²) in [6.07, 6.45) is 3.84. The third kappa shape index (κ3) is 3.97. The number of nitrogens with zero attached hydrogens (tertiary/aromatic N) is 2. The fraction of sp³-hybridized carbons (Fsp3) is 0.500. The smallest absolute Gasteiger partial charge is 0.339 e. The highest BCUT2D eigenvalue weighted by Gasteiger charge is 2.26. The summed E-state index contributed by atoms with van der Waals surface area (Å²) in [6.45, 7) is 7.62. The molecule has 5 heteroatoms. The molecular formula is C22H28N2O3. The van der Waals surface area contributed by atoms with E-state index in [2.05, 4.69) is 0 Å². The van der Waals surface area contributed by atoms with Crippen LogP contribution in [0.1, 0.15) is 62.2 Å². The number of pyridine rings is 1. The van der Waals surface area contributed by atoms with Crippen molar-refractivity contribution in [3.8, 4) is 0 Å². The van der Waals surface area contributed by atoms with Crippen molar-refractivity contribution < 1.29 is 14.3 Å². The average molecular weight is 368 g/mol. The van der Waals surface area contributed by atoms with E-state index in [0.29, 0.717) is 5.56 Å². The highest BCUT2D eigenvalue weighted by atomic mass is 16.5. The summed E-state index contributed by atoms with van der Waals surface area (Å²) in [5, 5.41) is 0.806. The maximum Gasteiger partial charge on any atom is 0.339 e. The Morgan fingerprint density at radius 3 is 2.44 bits per heavy atom. The lowest BCUT2D eigenvalue weighted by molar-refractivity contribution is -0.138. The number of benzene rings is 1. The van der Waals surface area contributed by atoms with Crippen molar-refractivity contribution in [3.63, 3.8) is 0 Å². The first kappa shape index (κ1) is 19.3. The van der Waals surface area contributed by atoms with Gasteiger partial charge in [-0.3, -0.25) is 9.78 Å². The highest BCUT2D eigenvalue weighted by molar-refractivity contribution is 6.05. The zero-order chi connectivity index (χ0) is 19.6. The Kier molecular flexibility index (Phi) is 5.78. The van der Waals surface area contributed by atoms with Crippen LogP contribution >= 0.6 is 0 Å². The summed E-state index contributed by atoms with van der Waals surface area (Å²) in [4.78, 5) is 32.0. The maximum absolute atomic E-state index is 13.0. The number of hydrogen-bond donors (Lipinski definition) is 0. The number of rotatable bonds is 5. The van der Waals surface area contributed by atoms with Gasteiger partial charge in [-0.2, -0.15) is 0 Å². The Bertz CT molecular complexity index is 850. The average Bonchev–Trinajstić information content (AvgIpc) is 2.63. The van der Waals surface area contributed by atoms with E-state index in [4.69, 9.17) is 9.72 Å². The lowest BCUT2D eigenvalue weighted by Gasteiger charge is -2.30. The third-order valence-corrected chi connectivity index (χ3v) is 5.10. The Hall–Kier alpha value is -2.43. The van der Waals surface area contributed by atoms with E-state index in [0.717, 1.165) is 47.8 Å². The van der Waals surface area contributed by atoms with Gasteiger partial charge in [-0.25, -0.2) is 4.79 Å². The zero-order valence-electron chi connectivity index (χ0n) is 16.6. The predicted molar refractivity (Wildman–Crippen MR) is 106 cm³/mol. The van der Waals surface area contributed by atoms with Gasteiger partial charge in [0, 0.05) is 23.2 Å². The van der Waals surface area contributed by atoms with Crippen LogP contribution in [0.15, 0.2) is 24.3 Å². The molecule has 0 spiro atoms.